The molecule has 74 valence electrons. The molecule has 0 saturated heterocycles. The van der Waals surface area contributed by atoms with Gasteiger partial charge in [-0.3, -0.25) is 0 Å². The Morgan fingerprint density at radius 2 is 2.23 bits per heavy atom. The van der Waals surface area contributed by atoms with Gasteiger partial charge in [0.1, 0.15) is 0 Å². The predicted octanol–water partition coefficient (Wildman–Crippen LogP) is 1.48. The molecule has 0 aromatic heterocycles. The fourth-order valence-electron chi connectivity index (χ4n) is 2.97. The highest BCUT2D eigenvalue weighted by Gasteiger charge is 2.43. The largest absolute Gasteiger partial charge is 0.396 e. The van der Waals surface area contributed by atoms with Crippen molar-refractivity contribution in [1.29, 1.82) is 0 Å². The van der Waals surface area contributed by atoms with Crippen molar-refractivity contribution in [3.05, 3.63) is 11.6 Å². The molecule has 0 spiro atoms. The zero-order valence-electron chi connectivity index (χ0n) is 8.00. The molecule has 0 heterocycles. The number of rotatable bonds is 2. The number of aliphatic hydroxyl groups is 2. The number of allylic oxidation sites excluding steroid dienone is 1. The Hall–Kier alpha value is -0.340. The van der Waals surface area contributed by atoms with Crippen LogP contribution in [-0.4, -0.2) is 23.4 Å². The monoisotopic (exact) mass is 182 g/mol. The average molecular weight is 182 g/mol. The van der Waals surface area contributed by atoms with E-state index in [0.29, 0.717) is 5.92 Å². The summed E-state index contributed by atoms with van der Waals surface area (Å²) < 4.78 is 0. The molecule has 1 saturated carbocycles. The second-order valence-corrected chi connectivity index (χ2v) is 4.41. The van der Waals surface area contributed by atoms with E-state index in [1.807, 2.05) is 0 Å². The van der Waals surface area contributed by atoms with E-state index >= 15 is 0 Å². The van der Waals surface area contributed by atoms with E-state index in [0.717, 1.165) is 25.7 Å². The Labute approximate surface area is 79.3 Å². The van der Waals surface area contributed by atoms with E-state index in [2.05, 4.69) is 6.08 Å². The van der Waals surface area contributed by atoms with Crippen molar-refractivity contribution in [2.24, 2.45) is 11.3 Å². The SMILES string of the molecule is OCC1CCC2(CO)CCCC=C12. The summed E-state index contributed by atoms with van der Waals surface area (Å²) in [7, 11) is 0. The lowest BCUT2D eigenvalue weighted by atomic mass is 9.73. The molecule has 2 aliphatic rings. The topological polar surface area (TPSA) is 40.5 Å². The average Bonchev–Trinajstić information content (AvgIpc) is 2.57. The minimum Gasteiger partial charge on any atom is -0.396 e. The van der Waals surface area contributed by atoms with Gasteiger partial charge in [-0.05, 0) is 32.1 Å². The smallest absolute Gasteiger partial charge is 0.0524 e. The van der Waals surface area contributed by atoms with Crippen molar-refractivity contribution in [3.8, 4) is 0 Å². The van der Waals surface area contributed by atoms with Gasteiger partial charge in [-0.1, -0.05) is 11.6 Å². The van der Waals surface area contributed by atoms with Crippen LogP contribution in [0.2, 0.25) is 0 Å². The van der Waals surface area contributed by atoms with Crippen molar-refractivity contribution >= 4 is 0 Å². The van der Waals surface area contributed by atoms with Crippen LogP contribution in [0.15, 0.2) is 11.6 Å². The van der Waals surface area contributed by atoms with Gasteiger partial charge in [-0.25, -0.2) is 0 Å². The summed E-state index contributed by atoms with van der Waals surface area (Å²) in [5.74, 6) is 0.340. The quantitative estimate of drug-likeness (QED) is 0.635. The van der Waals surface area contributed by atoms with Crippen LogP contribution in [0.5, 0.6) is 0 Å². The predicted molar refractivity (Wildman–Crippen MR) is 51.3 cm³/mol. The Bertz CT molecular complexity index is 222. The normalized spacial score (nSPS) is 38.6. The van der Waals surface area contributed by atoms with Crippen LogP contribution in [0.1, 0.15) is 32.1 Å². The van der Waals surface area contributed by atoms with Gasteiger partial charge >= 0.3 is 0 Å². The zero-order chi connectivity index (χ0) is 9.31. The lowest BCUT2D eigenvalue weighted by Gasteiger charge is -2.33. The van der Waals surface area contributed by atoms with Crippen LogP contribution in [0.25, 0.3) is 0 Å². The molecule has 2 N–H and O–H groups in total. The van der Waals surface area contributed by atoms with Crippen LogP contribution >= 0.6 is 0 Å². The third-order valence-electron chi connectivity index (χ3n) is 3.77. The van der Waals surface area contributed by atoms with Gasteiger partial charge in [0, 0.05) is 17.9 Å². The second-order valence-electron chi connectivity index (χ2n) is 4.41. The Morgan fingerprint density at radius 1 is 1.38 bits per heavy atom. The molecule has 0 amide bonds. The van der Waals surface area contributed by atoms with E-state index < -0.39 is 0 Å². The highest BCUT2D eigenvalue weighted by molar-refractivity contribution is 5.25. The zero-order valence-corrected chi connectivity index (χ0v) is 8.00. The maximum atomic E-state index is 9.44. The Kier molecular flexibility index (Phi) is 2.43. The molecule has 1 fully saturated rings. The van der Waals surface area contributed by atoms with Gasteiger partial charge in [0.2, 0.25) is 0 Å². The van der Waals surface area contributed by atoms with E-state index in [4.69, 9.17) is 0 Å². The molecule has 2 atom stereocenters. The number of hydrogen-bond acceptors (Lipinski definition) is 2. The molecule has 0 bridgehead atoms. The fourth-order valence-corrected chi connectivity index (χ4v) is 2.97. The maximum Gasteiger partial charge on any atom is 0.0524 e. The number of hydrogen-bond donors (Lipinski definition) is 2. The first-order valence-corrected chi connectivity index (χ1v) is 5.25. The van der Waals surface area contributed by atoms with Crippen LogP contribution in [-0.2, 0) is 0 Å². The summed E-state index contributed by atoms with van der Waals surface area (Å²) in [6.07, 6.45) is 7.83. The lowest BCUT2D eigenvalue weighted by Crippen LogP contribution is -2.27. The first-order chi connectivity index (χ1) is 6.32. The first kappa shape index (κ1) is 9.22. The third kappa shape index (κ3) is 1.32. The van der Waals surface area contributed by atoms with Crippen LogP contribution < -0.4 is 0 Å². The molecule has 0 radical (unpaired) electrons. The van der Waals surface area contributed by atoms with Gasteiger partial charge in [0.25, 0.3) is 0 Å². The summed E-state index contributed by atoms with van der Waals surface area (Å²) in [6, 6.07) is 0. The summed E-state index contributed by atoms with van der Waals surface area (Å²) in [5.41, 5.74) is 1.41. The number of aliphatic hydroxyl groups excluding tert-OH is 2. The number of fused-ring (bicyclic) bond motifs is 1. The minimum atomic E-state index is 0.0612. The fraction of sp³-hybridized carbons (Fsp3) is 0.818. The second kappa shape index (κ2) is 3.43. The molecule has 0 aromatic rings. The van der Waals surface area contributed by atoms with Crippen LogP contribution in [0.3, 0.4) is 0 Å². The molecular weight excluding hydrogens is 164 g/mol. The Balaban J connectivity index is 2.26. The van der Waals surface area contributed by atoms with E-state index in [9.17, 15) is 10.2 Å². The van der Waals surface area contributed by atoms with E-state index in [1.54, 1.807) is 0 Å². The van der Waals surface area contributed by atoms with Crippen molar-refractivity contribution in [2.45, 2.75) is 32.1 Å². The van der Waals surface area contributed by atoms with E-state index in [1.165, 1.54) is 12.0 Å². The maximum absolute atomic E-state index is 9.44. The molecule has 2 aliphatic carbocycles. The van der Waals surface area contributed by atoms with Crippen molar-refractivity contribution in [3.63, 3.8) is 0 Å². The summed E-state index contributed by atoms with van der Waals surface area (Å²) in [4.78, 5) is 0. The van der Waals surface area contributed by atoms with Gasteiger partial charge in [0.05, 0.1) is 6.61 Å². The van der Waals surface area contributed by atoms with Crippen molar-refractivity contribution in [2.75, 3.05) is 13.2 Å². The third-order valence-corrected chi connectivity index (χ3v) is 3.77. The van der Waals surface area contributed by atoms with Gasteiger partial charge in [-0.2, -0.15) is 0 Å². The molecule has 0 aromatic carbocycles. The van der Waals surface area contributed by atoms with Crippen LogP contribution in [0, 0.1) is 11.3 Å². The molecule has 0 aliphatic heterocycles. The summed E-state index contributed by atoms with van der Waals surface area (Å²) >= 11 is 0. The van der Waals surface area contributed by atoms with Crippen LogP contribution in [0.4, 0.5) is 0 Å². The highest BCUT2D eigenvalue weighted by atomic mass is 16.3. The summed E-state index contributed by atoms with van der Waals surface area (Å²) in [5, 5.41) is 18.6. The van der Waals surface area contributed by atoms with Crippen molar-refractivity contribution in [1.82, 2.24) is 0 Å². The molecule has 2 heteroatoms. The molecule has 2 rings (SSSR count). The minimum absolute atomic E-state index is 0.0612. The highest BCUT2D eigenvalue weighted by Crippen LogP contribution is 2.51. The lowest BCUT2D eigenvalue weighted by molar-refractivity contribution is 0.144. The molecule has 2 nitrogen and oxygen atoms in total. The Morgan fingerprint density at radius 3 is 2.92 bits per heavy atom. The standard InChI is InChI=1S/C11H18O2/c12-7-9-4-6-11(8-13)5-2-1-3-10(9)11/h3,9,12-13H,1-2,4-8H2. The van der Waals surface area contributed by atoms with Gasteiger partial charge in [-0.15, -0.1) is 0 Å². The van der Waals surface area contributed by atoms with E-state index in [-0.39, 0.29) is 18.6 Å². The van der Waals surface area contributed by atoms with Crippen molar-refractivity contribution < 1.29 is 10.2 Å². The molecule has 2 unspecified atom stereocenters. The van der Waals surface area contributed by atoms with Gasteiger partial charge < -0.3 is 10.2 Å². The van der Waals surface area contributed by atoms with Gasteiger partial charge in [0.15, 0.2) is 0 Å². The molecular formula is C11H18O2. The summed E-state index contributed by atoms with van der Waals surface area (Å²) in [6.45, 7) is 0.531. The first-order valence-electron chi connectivity index (χ1n) is 5.25. The molecule has 13 heavy (non-hydrogen) atoms.